The highest BCUT2D eigenvalue weighted by Gasteiger charge is 2.39. The van der Waals surface area contributed by atoms with Crippen molar-refractivity contribution >= 4 is 21.9 Å². The predicted octanol–water partition coefficient (Wildman–Crippen LogP) is 0.985. The number of hydrogen-bond donors (Lipinski definition) is 2. The molecular weight excluding hydrogens is 332 g/mol. The van der Waals surface area contributed by atoms with E-state index in [1.807, 2.05) is 6.92 Å². The van der Waals surface area contributed by atoms with Gasteiger partial charge in [0.25, 0.3) is 0 Å². The normalized spacial score (nSPS) is 19.8. The van der Waals surface area contributed by atoms with Crippen LogP contribution in [0.5, 0.6) is 0 Å². The van der Waals surface area contributed by atoms with Crippen LogP contribution in [0.3, 0.4) is 0 Å². The number of amides is 1. The SMILES string of the molecule is Cc1ccc(S(=O)(=O)N2CCCC2C(=O)NCC(C)C(=O)O)cc1. The molecule has 1 aromatic carbocycles. The molecule has 2 rings (SSSR count). The Morgan fingerprint density at radius 2 is 1.96 bits per heavy atom. The summed E-state index contributed by atoms with van der Waals surface area (Å²) in [5.74, 6) is -2.18. The summed E-state index contributed by atoms with van der Waals surface area (Å²) in [6, 6.07) is 5.70. The molecule has 2 atom stereocenters. The summed E-state index contributed by atoms with van der Waals surface area (Å²) in [6.07, 6.45) is 1.02. The van der Waals surface area contributed by atoms with Crippen LogP contribution >= 0.6 is 0 Å². The molecule has 0 radical (unpaired) electrons. The number of aliphatic carboxylic acids is 1. The van der Waals surface area contributed by atoms with Crippen LogP contribution in [-0.4, -0.2) is 48.8 Å². The zero-order valence-corrected chi connectivity index (χ0v) is 14.5. The molecule has 7 nitrogen and oxygen atoms in total. The third-order valence-electron chi connectivity index (χ3n) is 4.14. The van der Waals surface area contributed by atoms with E-state index in [0.717, 1.165) is 5.56 Å². The Balaban J connectivity index is 2.13. The van der Waals surface area contributed by atoms with Crippen LogP contribution < -0.4 is 5.32 Å². The average Bonchev–Trinajstić information content (AvgIpc) is 3.03. The Labute approximate surface area is 141 Å². The minimum Gasteiger partial charge on any atom is -0.481 e. The summed E-state index contributed by atoms with van der Waals surface area (Å²) in [4.78, 5) is 23.3. The number of hydrogen-bond acceptors (Lipinski definition) is 4. The first-order chi connectivity index (χ1) is 11.2. The minimum atomic E-state index is -3.75. The van der Waals surface area contributed by atoms with E-state index in [1.54, 1.807) is 12.1 Å². The number of nitrogens with one attached hydrogen (secondary N) is 1. The maximum Gasteiger partial charge on any atom is 0.308 e. The van der Waals surface area contributed by atoms with Crippen molar-refractivity contribution in [3.63, 3.8) is 0 Å². The number of benzene rings is 1. The zero-order chi connectivity index (χ0) is 17.9. The smallest absolute Gasteiger partial charge is 0.308 e. The molecule has 2 unspecified atom stereocenters. The topological polar surface area (TPSA) is 104 Å². The Bertz CT molecular complexity index is 714. The van der Waals surface area contributed by atoms with Gasteiger partial charge in [0.15, 0.2) is 0 Å². The van der Waals surface area contributed by atoms with Gasteiger partial charge in [0.05, 0.1) is 10.8 Å². The summed E-state index contributed by atoms with van der Waals surface area (Å²) in [6.45, 7) is 3.61. The Hall–Kier alpha value is -1.93. The number of carbonyl (C=O) groups excluding carboxylic acids is 1. The first-order valence-corrected chi connectivity index (χ1v) is 9.26. The van der Waals surface area contributed by atoms with Gasteiger partial charge in [-0.25, -0.2) is 8.42 Å². The van der Waals surface area contributed by atoms with Gasteiger partial charge >= 0.3 is 5.97 Å². The number of nitrogens with zero attached hydrogens (tertiary/aromatic N) is 1. The second-order valence-corrected chi connectivity index (χ2v) is 7.96. The van der Waals surface area contributed by atoms with E-state index < -0.39 is 33.9 Å². The summed E-state index contributed by atoms with van der Waals surface area (Å²) in [5, 5.41) is 11.4. The fraction of sp³-hybridized carbons (Fsp3) is 0.500. The molecule has 2 N–H and O–H groups in total. The van der Waals surface area contributed by atoms with E-state index in [4.69, 9.17) is 5.11 Å². The van der Waals surface area contributed by atoms with Gasteiger partial charge in [-0.1, -0.05) is 24.6 Å². The van der Waals surface area contributed by atoms with Crippen molar-refractivity contribution in [3.8, 4) is 0 Å². The van der Waals surface area contributed by atoms with Gasteiger partial charge in [0, 0.05) is 13.1 Å². The zero-order valence-electron chi connectivity index (χ0n) is 13.7. The Kier molecular flexibility index (Phi) is 5.61. The van der Waals surface area contributed by atoms with Crippen LogP contribution in [0, 0.1) is 12.8 Å². The van der Waals surface area contributed by atoms with Gasteiger partial charge in [-0.3, -0.25) is 9.59 Å². The summed E-state index contributed by atoms with van der Waals surface area (Å²) < 4.78 is 26.7. The maximum atomic E-state index is 12.8. The van der Waals surface area contributed by atoms with E-state index in [0.29, 0.717) is 12.8 Å². The van der Waals surface area contributed by atoms with Crippen molar-refractivity contribution in [1.29, 1.82) is 0 Å². The fourth-order valence-corrected chi connectivity index (χ4v) is 4.25. The molecule has 1 heterocycles. The van der Waals surface area contributed by atoms with Crippen molar-refractivity contribution < 1.29 is 23.1 Å². The lowest BCUT2D eigenvalue weighted by molar-refractivity contribution is -0.141. The second-order valence-electron chi connectivity index (χ2n) is 6.07. The molecule has 1 amide bonds. The van der Waals surface area contributed by atoms with Crippen molar-refractivity contribution in [2.45, 2.75) is 37.6 Å². The van der Waals surface area contributed by atoms with Crippen molar-refractivity contribution in [2.24, 2.45) is 5.92 Å². The number of carboxylic acid groups (broad SMARTS) is 1. The quantitative estimate of drug-likeness (QED) is 0.793. The Morgan fingerprint density at radius 1 is 1.33 bits per heavy atom. The summed E-state index contributed by atoms with van der Waals surface area (Å²) in [7, 11) is -3.75. The van der Waals surface area contributed by atoms with Crippen molar-refractivity contribution in [3.05, 3.63) is 29.8 Å². The molecule has 0 spiro atoms. The first-order valence-electron chi connectivity index (χ1n) is 7.82. The van der Waals surface area contributed by atoms with Crippen LogP contribution in [-0.2, 0) is 19.6 Å². The molecule has 1 aliphatic rings. The van der Waals surface area contributed by atoms with Crippen molar-refractivity contribution in [2.75, 3.05) is 13.1 Å². The standard InChI is InChI=1S/C16H22N2O5S/c1-11-5-7-13(8-6-11)24(22,23)18-9-3-4-14(18)15(19)17-10-12(2)16(20)21/h5-8,12,14H,3-4,9-10H2,1-2H3,(H,17,19)(H,20,21). The van der Waals surface area contributed by atoms with Gasteiger partial charge < -0.3 is 10.4 Å². The number of rotatable bonds is 6. The summed E-state index contributed by atoms with van der Waals surface area (Å²) >= 11 is 0. The number of aryl methyl sites for hydroxylation is 1. The van der Waals surface area contributed by atoms with Gasteiger partial charge in [-0.15, -0.1) is 0 Å². The van der Waals surface area contributed by atoms with Crippen LogP contribution in [0.2, 0.25) is 0 Å². The number of carbonyl (C=O) groups is 2. The number of carboxylic acids is 1. The van der Waals surface area contributed by atoms with Crippen molar-refractivity contribution in [1.82, 2.24) is 9.62 Å². The van der Waals surface area contributed by atoms with Crippen LogP contribution in [0.15, 0.2) is 29.2 Å². The molecular formula is C16H22N2O5S. The van der Waals surface area contributed by atoms with Gasteiger partial charge in [0.1, 0.15) is 6.04 Å². The van der Waals surface area contributed by atoms with Gasteiger partial charge in [0.2, 0.25) is 15.9 Å². The van der Waals surface area contributed by atoms with E-state index in [-0.39, 0.29) is 18.0 Å². The van der Waals surface area contributed by atoms with E-state index >= 15 is 0 Å². The van der Waals surface area contributed by atoms with E-state index in [2.05, 4.69) is 5.32 Å². The lowest BCUT2D eigenvalue weighted by Gasteiger charge is -2.23. The number of sulfonamides is 1. The lowest BCUT2D eigenvalue weighted by atomic mass is 10.1. The lowest BCUT2D eigenvalue weighted by Crippen LogP contribution is -2.47. The molecule has 0 aromatic heterocycles. The van der Waals surface area contributed by atoms with Crippen LogP contribution in [0.4, 0.5) is 0 Å². The average molecular weight is 354 g/mol. The third kappa shape index (κ3) is 3.93. The summed E-state index contributed by atoms with van der Waals surface area (Å²) in [5.41, 5.74) is 0.951. The second kappa shape index (κ2) is 7.31. The molecule has 0 bridgehead atoms. The molecule has 1 fully saturated rings. The molecule has 1 saturated heterocycles. The molecule has 8 heteroatoms. The molecule has 1 aromatic rings. The van der Waals surface area contributed by atoms with Crippen LogP contribution in [0.1, 0.15) is 25.3 Å². The van der Waals surface area contributed by atoms with Gasteiger partial charge in [-0.2, -0.15) is 4.31 Å². The predicted molar refractivity (Wildman–Crippen MR) is 87.9 cm³/mol. The van der Waals surface area contributed by atoms with Gasteiger partial charge in [-0.05, 0) is 31.9 Å². The van der Waals surface area contributed by atoms with Crippen LogP contribution in [0.25, 0.3) is 0 Å². The van der Waals surface area contributed by atoms with E-state index in [9.17, 15) is 18.0 Å². The fourth-order valence-electron chi connectivity index (χ4n) is 2.59. The minimum absolute atomic E-state index is 0.0247. The monoisotopic (exact) mass is 354 g/mol. The highest BCUT2D eigenvalue weighted by molar-refractivity contribution is 7.89. The molecule has 0 aliphatic carbocycles. The third-order valence-corrected chi connectivity index (χ3v) is 6.06. The largest absolute Gasteiger partial charge is 0.481 e. The molecule has 1 aliphatic heterocycles. The molecule has 132 valence electrons. The molecule has 0 saturated carbocycles. The Morgan fingerprint density at radius 3 is 2.54 bits per heavy atom. The highest BCUT2D eigenvalue weighted by Crippen LogP contribution is 2.26. The maximum absolute atomic E-state index is 12.8. The van der Waals surface area contributed by atoms with E-state index in [1.165, 1.54) is 23.4 Å². The first kappa shape index (κ1) is 18.4. The molecule has 24 heavy (non-hydrogen) atoms. The highest BCUT2D eigenvalue weighted by atomic mass is 32.2.